The molecular weight excluding hydrogens is 254 g/mol. The van der Waals surface area contributed by atoms with Crippen molar-refractivity contribution in [2.75, 3.05) is 0 Å². The number of aromatic carboxylic acids is 1. The van der Waals surface area contributed by atoms with E-state index in [2.05, 4.69) is 9.98 Å². The number of hydrogen-bond acceptors (Lipinski definition) is 4. The summed E-state index contributed by atoms with van der Waals surface area (Å²) < 4.78 is 0. The fraction of sp³-hybridized carbons (Fsp3) is 0. The van der Waals surface area contributed by atoms with E-state index in [9.17, 15) is 4.79 Å². The number of aliphatic imine (C=N–C) groups is 1. The first-order valence-electron chi connectivity index (χ1n) is 5.90. The van der Waals surface area contributed by atoms with E-state index in [0.29, 0.717) is 5.70 Å². The quantitative estimate of drug-likeness (QED) is 0.833. The first-order chi connectivity index (χ1) is 9.66. The minimum Gasteiger partial charge on any atom is -0.478 e. The van der Waals surface area contributed by atoms with Crippen molar-refractivity contribution in [3.8, 4) is 0 Å². The summed E-state index contributed by atoms with van der Waals surface area (Å²) in [6.45, 7) is 0. The van der Waals surface area contributed by atoms with Crippen LogP contribution in [0.3, 0.4) is 0 Å². The number of rotatable bonds is 4. The lowest BCUT2D eigenvalue weighted by atomic mass is 10.1. The van der Waals surface area contributed by atoms with Crippen LogP contribution in [0.25, 0.3) is 5.70 Å². The predicted octanol–water partition coefficient (Wildman–Crippen LogP) is 2.48. The van der Waals surface area contributed by atoms with Gasteiger partial charge in [-0.15, -0.1) is 0 Å². The minimum atomic E-state index is -0.961. The molecule has 0 radical (unpaired) electrons. The fourth-order valence-electron chi connectivity index (χ4n) is 1.54. The fourth-order valence-corrected chi connectivity index (χ4v) is 1.54. The summed E-state index contributed by atoms with van der Waals surface area (Å²) in [7, 11) is 0. The molecule has 1 heterocycles. The maximum absolute atomic E-state index is 10.7. The molecule has 0 aliphatic carbocycles. The number of aromatic nitrogens is 1. The lowest BCUT2D eigenvalue weighted by Crippen LogP contribution is -1.99. The van der Waals surface area contributed by atoms with E-state index in [1.807, 2.05) is 6.07 Å². The van der Waals surface area contributed by atoms with Crippen LogP contribution in [0, 0.1) is 0 Å². The van der Waals surface area contributed by atoms with E-state index in [-0.39, 0.29) is 5.56 Å². The first-order valence-corrected chi connectivity index (χ1v) is 5.90. The first kappa shape index (κ1) is 13.5. The van der Waals surface area contributed by atoms with E-state index in [4.69, 9.17) is 10.8 Å². The summed E-state index contributed by atoms with van der Waals surface area (Å²) in [5.41, 5.74) is 8.11. The van der Waals surface area contributed by atoms with Crippen LogP contribution in [0.5, 0.6) is 0 Å². The topological polar surface area (TPSA) is 88.6 Å². The number of nitrogens with zero attached hydrogens (tertiary/aromatic N) is 2. The molecular formula is C15H13N3O2. The summed E-state index contributed by atoms with van der Waals surface area (Å²) in [5.74, 6) is -0.961. The van der Waals surface area contributed by atoms with E-state index in [1.54, 1.807) is 42.9 Å². The summed E-state index contributed by atoms with van der Waals surface area (Å²) in [6.07, 6.45) is 6.55. The van der Waals surface area contributed by atoms with Gasteiger partial charge in [-0.2, -0.15) is 0 Å². The molecule has 3 N–H and O–H groups in total. The van der Waals surface area contributed by atoms with Gasteiger partial charge in [0.25, 0.3) is 0 Å². The Morgan fingerprint density at radius 2 is 1.90 bits per heavy atom. The molecule has 2 rings (SSSR count). The molecule has 0 aliphatic heterocycles. The number of nitrogens with two attached hydrogens (primary N) is 1. The summed E-state index contributed by atoms with van der Waals surface area (Å²) in [4.78, 5) is 18.9. The minimum absolute atomic E-state index is 0.227. The third-order valence-electron chi connectivity index (χ3n) is 2.59. The highest BCUT2D eigenvalue weighted by molar-refractivity contribution is 5.89. The van der Waals surface area contributed by atoms with Crippen LogP contribution in [0.4, 0.5) is 5.69 Å². The molecule has 0 saturated carbocycles. The third-order valence-corrected chi connectivity index (χ3v) is 2.59. The molecule has 0 atom stereocenters. The van der Waals surface area contributed by atoms with Crippen LogP contribution in [0.1, 0.15) is 15.9 Å². The molecule has 5 nitrogen and oxygen atoms in total. The van der Waals surface area contributed by atoms with Crippen LogP contribution >= 0.6 is 0 Å². The average molecular weight is 267 g/mol. The maximum atomic E-state index is 10.7. The largest absolute Gasteiger partial charge is 0.478 e. The molecule has 1 aromatic heterocycles. The van der Waals surface area contributed by atoms with Gasteiger partial charge < -0.3 is 10.8 Å². The Labute approximate surface area is 116 Å². The van der Waals surface area contributed by atoms with Crippen LogP contribution < -0.4 is 5.73 Å². The van der Waals surface area contributed by atoms with Crippen LogP contribution in [-0.2, 0) is 0 Å². The van der Waals surface area contributed by atoms with Gasteiger partial charge >= 0.3 is 5.97 Å². The number of carboxylic acid groups (broad SMARTS) is 1. The standard InChI is InChI=1S/C15H13N3O2/c16-14(7-9-18-13-2-1-8-17-10-13)11-3-5-12(6-4-11)15(19)20/h1-10H,16H2,(H,19,20). The highest BCUT2D eigenvalue weighted by Crippen LogP contribution is 2.11. The van der Waals surface area contributed by atoms with Gasteiger partial charge in [0.15, 0.2) is 0 Å². The molecule has 0 spiro atoms. The van der Waals surface area contributed by atoms with Crippen LogP contribution in [0.2, 0.25) is 0 Å². The Balaban J connectivity index is 2.10. The molecule has 0 fully saturated rings. The highest BCUT2D eigenvalue weighted by atomic mass is 16.4. The zero-order valence-electron chi connectivity index (χ0n) is 10.6. The lowest BCUT2D eigenvalue weighted by molar-refractivity contribution is 0.0697. The Morgan fingerprint density at radius 3 is 2.50 bits per heavy atom. The van der Waals surface area contributed by atoms with Crippen LogP contribution in [0.15, 0.2) is 59.9 Å². The zero-order chi connectivity index (χ0) is 14.4. The van der Waals surface area contributed by atoms with Crippen molar-refractivity contribution in [1.82, 2.24) is 4.98 Å². The van der Waals surface area contributed by atoms with Gasteiger partial charge in [-0.05, 0) is 35.9 Å². The summed E-state index contributed by atoms with van der Waals surface area (Å²) in [6, 6.07) is 9.97. The monoisotopic (exact) mass is 267 g/mol. The second-order valence-electron chi connectivity index (χ2n) is 3.99. The Bertz CT molecular complexity index is 647. The second-order valence-corrected chi connectivity index (χ2v) is 3.99. The molecule has 0 amide bonds. The van der Waals surface area contributed by atoms with Crippen molar-refractivity contribution in [2.45, 2.75) is 0 Å². The molecule has 5 heteroatoms. The van der Waals surface area contributed by atoms with Gasteiger partial charge in [-0.25, -0.2) is 4.79 Å². The number of hydrogen-bond donors (Lipinski definition) is 2. The molecule has 0 aliphatic rings. The number of pyridine rings is 1. The van der Waals surface area contributed by atoms with E-state index in [0.717, 1.165) is 11.3 Å². The molecule has 20 heavy (non-hydrogen) atoms. The third kappa shape index (κ3) is 3.52. The number of allylic oxidation sites excluding steroid dienone is 1. The smallest absolute Gasteiger partial charge is 0.335 e. The second kappa shape index (κ2) is 6.29. The Kier molecular flexibility index (Phi) is 4.24. The summed E-state index contributed by atoms with van der Waals surface area (Å²) in [5, 5.41) is 8.81. The van der Waals surface area contributed by atoms with Gasteiger partial charge in [0.05, 0.1) is 17.4 Å². The van der Waals surface area contributed by atoms with Crippen molar-refractivity contribution in [3.63, 3.8) is 0 Å². The number of carboxylic acids is 1. The predicted molar refractivity (Wildman–Crippen MR) is 78.0 cm³/mol. The SMILES string of the molecule is NC(=CC=Nc1cccnc1)c1ccc(C(=O)O)cc1. The molecule has 2 aromatic rings. The molecule has 1 aromatic carbocycles. The van der Waals surface area contributed by atoms with E-state index < -0.39 is 5.97 Å². The van der Waals surface area contributed by atoms with Gasteiger partial charge in [0.2, 0.25) is 0 Å². The molecule has 0 bridgehead atoms. The normalized spacial score (nSPS) is 11.7. The van der Waals surface area contributed by atoms with E-state index >= 15 is 0 Å². The van der Waals surface area contributed by atoms with Crippen molar-refractivity contribution >= 4 is 23.6 Å². The van der Waals surface area contributed by atoms with Gasteiger partial charge in [-0.3, -0.25) is 9.98 Å². The lowest BCUT2D eigenvalue weighted by Gasteiger charge is -2.01. The van der Waals surface area contributed by atoms with Crippen molar-refractivity contribution in [3.05, 3.63) is 66.0 Å². The Hall–Kier alpha value is -2.95. The van der Waals surface area contributed by atoms with Gasteiger partial charge in [0, 0.05) is 18.1 Å². The van der Waals surface area contributed by atoms with Crippen LogP contribution in [-0.4, -0.2) is 22.3 Å². The highest BCUT2D eigenvalue weighted by Gasteiger charge is 2.02. The van der Waals surface area contributed by atoms with Gasteiger partial charge in [-0.1, -0.05) is 12.1 Å². The zero-order valence-corrected chi connectivity index (χ0v) is 10.6. The number of benzene rings is 1. The van der Waals surface area contributed by atoms with Gasteiger partial charge in [0.1, 0.15) is 0 Å². The van der Waals surface area contributed by atoms with Crippen molar-refractivity contribution < 1.29 is 9.90 Å². The molecule has 0 saturated heterocycles. The molecule has 0 unspecified atom stereocenters. The average Bonchev–Trinajstić information content (AvgIpc) is 2.48. The van der Waals surface area contributed by atoms with E-state index in [1.165, 1.54) is 12.1 Å². The maximum Gasteiger partial charge on any atom is 0.335 e. The van der Waals surface area contributed by atoms with Crippen molar-refractivity contribution in [2.24, 2.45) is 10.7 Å². The summed E-state index contributed by atoms with van der Waals surface area (Å²) >= 11 is 0. The van der Waals surface area contributed by atoms with Crippen molar-refractivity contribution in [1.29, 1.82) is 0 Å². The number of carbonyl (C=O) groups is 1. The molecule has 100 valence electrons. The Morgan fingerprint density at radius 1 is 1.20 bits per heavy atom.